The van der Waals surface area contributed by atoms with E-state index in [-0.39, 0.29) is 18.3 Å². The summed E-state index contributed by atoms with van der Waals surface area (Å²) in [4.78, 5) is 15.4. The number of hydrogen-bond donors (Lipinski definition) is 3. The first-order chi connectivity index (χ1) is 7.13. The van der Waals surface area contributed by atoms with Gasteiger partial charge >= 0.3 is 0 Å². The Morgan fingerprint density at radius 2 is 2.40 bits per heavy atom. The van der Waals surface area contributed by atoms with Crippen LogP contribution in [0, 0.1) is 0 Å². The number of aliphatic hydroxyl groups excluding tert-OH is 1. The van der Waals surface area contributed by atoms with Crippen molar-refractivity contribution in [2.24, 2.45) is 0 Å². The van der Waals surface area contributed by atoms with Gasteiger partial charge in [-0.05, 0) is 13.3 Å². The van der Waals surface area contributed by atoms with Crippen molar-refractivity contribution >= 4 is 5.91 Å². The minimum absolute atomic E-state index is 0.124. The molecule has 1 rings (SSSR count). The molecule has 0 aliphatic heterocycles. The molecule has 3 N–H and O–H groups in total. The maximum atomic E-state index is 11.4. The molecule has 1 aromatic heterocycles. The van der Waals surface area contributed by atoms with E-state index in [9.17, 15) is 4.79 Å². The molecule has 0 spiro atoms. The first-order valence-corrected chi connectivity index (χ1v) is 5.01. The second-order valence-corrected chi connectivity index (χ2v) is 3.41. The van der Waals surface area contributed by atoms with E-state index in [0.29, 0.717) is 5.82 Å². The fourth-order valence-corrected chi connectivity index (χ4v) is 1.06. The largest absolute Gasteiger partial charge is 0.392 e. The van der Waals surface area contributed by atoms with Gasteiger partial charge in [0.2, 0.25) is 5.82 Å². The average Bonchev–Trinajstić information content (AvgIpc) is 2.63. The van der Waals surface area contributed by atoms with Crippen LogP contribution in [-0.2, 0) is 6.42 Å². The number of H-pyrrole nitrogens is 1. The Bertz CT molecular complexity index is 322. The van der Waals surface area contributed by atoms with Gasteiger partial charge in [0.05, 0.1) is 6.10 Å². The second kappa shape index (κ2) is 5.45. The number of carbonyl (C=O) groups is 1. The summed E-state index contributed by atoms with van der Waals surface area (Å²) >= 11 is 0. The molecule has 6 nitrogen and oxygen atoms in total. The highest BCUT2D eigenvalue weighted by atomic mass is 16.3. The summed E-state index contributed by atoms with van der Waals surface area (Å²) in [5.74, 6) is 0.466. The van der Waals surface area contributed by atoms with E-state index >= 15 is 0 Å². The van der Waals surface area contributed by atoms with Crippen LogP contribution in [0.3, 0.4) is 0 Å². The molecule has 0 bridgehead atoms. The van der Waals surface area contributed by atoms with Gasteiger partial charge in [-0.2, -0.15) is 0 Å². The molecule has 0 radical (unpaired) electrons. The summed E-state index contributed by atoms with van der Waals surface area (Å²) in [6.45, 7) is 3.83. The SMILES string of the molecule is CCCc1nc(C(=O)NC[C@@H](C)O)n[nH]1. The van der Waals surface area contributed by atoms with Gasteiger partial charge in [0, 0.05) is 13.0 Å². The van der Waals surface area contributed by atoms with E-state index < -0.39 is 6.10 Å². The van der Waals surface area contributed by atoms with Crippen LogP contribution >= 0.6 is 0 Å². The quantitative estimate of drug-likeness (QED) is 0.634. The van der Waals surface area contributed by atoms with E-state index in [2.05, 4.69) is 20.5 Å². The summed E-state index contributed by atoms with van der Waals surface area (Å²) in [7, 11) is 0. The van der Waals surface area contributed by atoms with Crippen molar-refractivity contribution < 1.29 is 9.90 Å². The summed E-state index contributed by atoms with van der Waals surface area (Å²) in [5.41, 5.74) is 0. The van der Waals surface area contributed by atoms with Crippen molar-refractivity contribution in [3.63, 3.8) is 0 Å². The molecule has 1 amide bonds. The van der Waals surface area contributed by atoms with Gasteiger partial charge < -0.3 is 10.4 Å². The highest BCUT2D eigenvalue weighted by Gasteiger charge is 2.11. The fraction of sp³-hybridized carbons (Fsp3) is 0.667. The lowest BCUT2D eigenvalue weighted by molar-refractivity contribution is 0.0914. The molecular formula is C9H16N4O2. The first kappa shape index (κ1) is 11.6. The van der Waals surface area contributed by atoms with Gasteiger partial charge in [0.1, 0.15) is 5.82 Å². The van der Waals surface area contributed by atoms with Gasteiger partial charge in [0.15, 0.2) is 0 Å². The highest BCUT2D eigenvalue weighted by molar-refractivity contribution is 5.90. The fourth-order valence-electron chi connectivity index (χ4n) is 1.06. The molecule has 0 saturated carbocycles. The monoisotopic (exact) mass is 212 g/mol. The zero-order chi connectivity index (χ0) is 11.3. The minimum Gasteiger partial charge on any atom is -0.392 e. The number of rotatable bonds is 5. The minimum atomic E-state index is -0.567. The number of amides is 1. The predicted octanol–water partition coefficient (Wildman–Crippen LogP) is -0.132. The van der Waals surface area contributed by atoms with Crippen molar-refractivity contribution in [3.05, 3.63) is 11.6 Å². The molecule has 0 aromatic carbocycles. The smallest absolute Gasteiger partial charge is 0.291 e. The molecule has 6 heteroatoms. The summed E-state index contributed by atoms with van der Waals surface area (Å²) < 4.78 is 0. The van der Waals surface area contributed by atoms with E-state index in [1.807, 2.05) is 6.92 Å². The van der Waals surface area contributed by atoms with Crippen LogP contribution in [0.15, 0.2) is 0 Å². The Balaban J connectivity index is 2.50. The van der Waals surface area contributed by atoms with Gasteiger partial charge in [-0.3, -0.25) is 9.89 Å². The van der Waals surface area contributed by atoms with E-state index in [0.717, 1.165) is 12.8 Å². The molecule has 84 valence electrons. The zero-order valence-electron chi connectivity index (χ0n) is 8.95. The number of aliphatic hydroxyl groups is 1. The summed E-state index contributed by atoms with van der Waals surface area (Å²) in [5, 5.41) is 18.0. The summed E-state index contributed by atoms with van der Waals surface area (Å²) in [6, 6.07) is 0. The van der Waals surface area contributed by atoms with Gasteiger partial charge in [-0.1, -0.05) is 6.92 Å². The van der Waals surface area contributed by atoms with Crippen molar-refractivity contribution in [2.45, 2.75) is 32.8 Å². The molecule has 0 aliphatic rings. The molecule has 1 aromatic rings. The number of hydrogen-bond acceptors (Lipinski definition) is 4. The van der Waals surface area contributed by atoms with Crippen LogP contribution in [-0.4, -0.2) is 38.8 Å². The lowest BCUT2D eigenvalue weighted by Gasteiger charge is -2.03. The van der Waals surface area contributed by atoms with Gasteiger partial charge in [-0.25, -0.2) is 4.98 Å². The lowest BCUT2D eigenvalue weighted by Crippen LogP contribution is -2.31. The number of carbonyl (C=O) groups excluding carboxylic acids is 1. The average molecular weight is 212 g/mol. The third-order valence-electron chi connectivity index (χ3n) is 1.78. The number of aromatic nitrogens is 3. The number of aryl methyl sites for hydroxylation is 1. The third kappa shape index (κ3) is 3.67. The topological polar surface area (TPSA) is 90.9 Å². The Labute approximate surface area is 88.1 Å². The molecule has 1 atom stereocenters. The van der Waals surface area contributed by atoms with Crippen molar-refractivity contribution in [3.8, 4) is 0 Å². The van der Waals surface area contributed by atoms with Crippen LogP contribution in [0.4, 0.5) is 0 Å². The van der Waals surface area contributed by atoms with Crippen LogP contribution < -0.4 is 5.32 Å². The maximum absolute atomic E-state index is 11.4. The van der Waals surface area contributed by atoms with Crippen LogP contribution in [0.5, 0.6) is 0 Å². The summed E-state index contributed by atoms with van der Waals surface area (Å²) in [6.07, 6.45) is 1.16. The van der Waals surface area contributed by atoms with Crippen LogP contribution in [0.2, 0.25) is 0 Å². The molecule has 1 heterocycles. The zero-order valence-corrected chi connectivity index (χ0v) is 8.95. The van der Waals surface area contributed by atoms with Crippen molar-refractivity contribution in [1.29, 1.82) is 0 Å². The normalized spacial score (nSPS) is 12.5. The number of aromatic amines is 1. The number of nitrogens with one attached hydrogen (secondary N) is 2. The van der Waals surface area contributed by atoms with Gasteiger partial charge in [-0.15, -0.1) is 5.10 Å². The Hall–Kier alpha value is -1.43. The Kier molecular flexibility index (Phi) is 4.23. The predicted molar refractivity (Wildman–Crippen MR) is 54.4 cm³/mol. The molecule has 0 saturated heterocycles. The van der Waals surface area contributed by atoms with Crippen molar-refractivity contribution in [1.82, 2.24) is 20.5 Å². The van der Waals surface area contributed by atoms with E-state index in [1.54, 1.807) is 6.92 Å². The van der Waals surface area contributed by atoms with Crippen LogP contribution in [0.25, 0.3) is 0 Å². The Morgan fingerprint density at radius 3 is 3.00 bits per heavy atom. The molecular weight excluding hydrogens is 196 g/mol. The molecule has 0 aliphatic carbocycles. The van der Waals surface area contributed by atoms with E-state index in [4.69, 9.17) is 5.11 Å². The van der Waals surface area contributed by atoms with Crippen LogP contribution in [0.1, 0.15) is 36.7 Å². The van der Waals surface area contributed by atoms with Crippen molar-refractivity contribution in [2.75, 3.05) is 6.54 Å². The second-order valence-electron chi connectivity index (χ2n) is 3.41. The number of nitrogens with zero attached hydrogens (tertiary/aromatic N) is 2. The maximum Gasteiger partial charge on any atom is 0.291 e. The first-order valence-electron chi connectivity index (χ1n) is 5.01. The molecule has 0 unspecified atom stereocenters. The highest BCUT2D eigenvalue weighted by Crippen LogP contribution is 1.96. The lowest BCUT2D eigenvalue weighted by atomic mass is 10.3. The standard InChI is InChI=1S/C9H16N4O2/c1-3-4-7-11-8(13-12-7)9(15)10-5-6(2)14/h6,14H,3-5H2,1-2H3,(H,10,15)(H,11,12,13)/t6-/m1/s1. The molecule has 15 heavy (non-hydrogen) atoms. The third-order valence-corrected chi connectivity index (χ3v) is 1.78. The Morgan fingerprint density at radius 1 is 1.67 bits per heavy atom. The van der Waals surface area contributed by atoms with E-state index in [1.165, 1.54) is 0 Å². The molecule has 0 fully saturated rings. The van der Waals surface area contributed by atoms with Gasteiger partial charge in [0.25, 0.3) is 5.91 Å².